The molecule has 2 saturated heterocycles. The van der Waals surface area contributed by atoms with Gasteiger partial charge in [-0.2, -0.15) is 4.31 Å². The fourth-order valence-electron chi connectivity index (χ4n) is 2.56. The van der Waals surface area contributed by atoms with Crippen molar-refractivity contribution < 1.29 is 8.42 Å². The number of hydrogen-bond acceptors (Lipinski definition) is 3. The van der Waals surface area contributed by atoms with Crippen LogP contribution in [0, 0.1) is 0 Å². The molecule has 0 amide bonds. The van der Waals surface area contributed by atoms with E-state index in [1.165, 1.54) is 0 Å². The first-order chi connectivity index (χ1) is 6.65. The molecule has 2 heterocycles. The van der Waals surface area contributed by atoms with Crippen LogP contribution in [-0.4, -0.2) is 43.6 Å². The van der Waals surface area contributed by atoms with Gasteiger partial charge in [-0.05, 0) is 19.3 Å². The van der Waals surface area contributed by atoms with Crippen LogP contribution < -0.4 is 5.32 Å². The van der Waals surface area contributed by atoms with Crippen LogP contribution in [0.15, 0.2) is 0 Å². The zero-order valence-electron chi connectivity index (χ0n) is 8.57. The van der Waals surface area contributed by atoms with Crippen molar-refractivity contribution in [3.63, 3.8) is 0 Å². The van der Waals surface area contributed by atoms with Gasteiger partial charge in [0.2, 0.25) is 10.0 Å². The molecule has 2 aliphatic rings. The molecule has 2 rings (SSSR count). The highest BCUT2D eigenvalue weighted by atomic mass is 32.2. The van der Waals surface area contributed by atoms with E-state index in [-0.39, 0.29) is 12.1 Å². The van der Waals surface area contributed by atoms with Crippen LogP contribution >= 0.6 is 0 Å². The molecule has 2 aliphatic heterocycles. The molecule has 0 spiro atoms. The molecule has 2 bridgehead atoms. The van der Waals surface area contributed by atoms with Crippen molar-refractivity contribution >= 4 is 10.0 Å². The smallest absolute Gasteiger partial charge is 0.214 e. The fourth-order valence-corrected chi connectivity index (χ4v) is 4.55. The molecule has 0 aromatic rings. The van der Waals surface area contributed by atoms with Gasteiger partial charge in [-0.3, -0.25) is 0 Å². The Labute approximate surface area is 85.7 Å². The predicted molar refractivity (Wildman–Crippen MR) is 55.6 cm³/mol. The first-order valence-corrected chi connectivity index (χ1v) is 6.98. The Kier molecular flexibility index (Phi) is 2.81. The molecular formula is C9H18N2O2S. The van der Waals surface area contributed by atoms with Gasteiger partial charge in [0.05, 0.1) is 5.75 Å². The summed E-state index contributed by atoms with van der Waals surface area (Å²) in [4.78, 5) is 0. The summed E-state index contributed by atoms with van der Waals surface area (Å²) in [6, 6.07) is 0.454. The minimum absolute atomic E-state index is 0.227. The molecule has 2 atom stereocenters. The van der Waals surface area contributed by atoms with Gasteiger partial charge >= 0.3 is 0 Å². The standard InChI is InChI=1S/C9H18N2O2S/c1-2-5-14(12,13)11-8-3-4-9(11)7-10-6-8/h8-10H,2-7H2,1H3. The maximum atomic E-state index is 11.9. The van der Waals surface area contributed by atoms with E-state index < -0.39 is 10.0 Å². The summed E-state index contributed by atoms with van der Waals surface area (Å²) in [5, 5.41) is 3.28. The highest BCUT2D eigenvalue weighted by molar-refractivity contribution is 7.89. The van der Waals surface area contributed by atoms with Crippen molar-refractivity contribution in [2.75, 3.05) is 18.8 Å². The Bertz CT molecular complexity index is 286. The van der Waals surface area contributed by atoms with Gasteiger partial charge in [0, 0.05) is 25.2 Å². The van der Waals surface area contributed by atoms with Gasteiger partial charge in [0.25, 0.3) is 0 Å². The lowest BCUT2D eigenvalue weighted by Crippen LogP contribution is -2.54. The zero-order valence-corrected chi connectivity index (χ0v) is 9.39. The Morgan fingerprint density at radius 2 is 1.86 bits per heavy atom. The summed E-state index contributed by atoms with van der Waals surface area (Å²) in [6.45, 7) is 3.58. The molecule has 0 aromatic carbocycles. The summed E-state index contributed by atoms with van der Waals surface area (Å²) >= 11 is 0. The Hall–Kier alpha value is -0.130. The maximum absolute atomic E-state index is 11.9. The normalized spacial score (nSPS) is 33.5. The molecule has 2 fully saturated rings. The summed E-state index contributed by atoms with van der Waals surface area (Å²) in [7, 11) is -2.98. The third-order valence-corrected chi connectivity index (χ3v) is 5.26. The molecule has 82 valence electrons. The number of fused-ring (bicyclic) bond motifs is 2. The maximum Gasteiger partial charge on any atom is 0.214 e. The molecule has 5 heteroatoms. The monoisotopic (exact) mass is 218 g/mol. The fraction of sp³-hybridized carbons (Fsp3) is 1.00. The van der Waals surface area contributed by atoms with Crippen LogP contribution in [0.5, 0.6) is 0 Å². The molecule has 0 aliphatic carbocycles. The van der Waals surface area contributed by atoms with Crippen LogP contribution in [0.2, 0.25) is 0 Å². The highest BCUT2D eigenvalue weighted by Crippen LogP contribution is 2.29. The van der Waals surface area contributed by atoms with E-state index in [0.29, 0.717) is 12.2 Å². The molecule has 2 unspecified atom stereocenters. The van der Waals surface area contributed by atoms with Gasteiger partial charge in [-0.25, -0.2) is 8.42 Å². The van der Waals surface area contributed by atoms with Crippen molar-refractivity contribution in [2.45, 2.75) is 38.3 Å². The molecule has 14 heavy (non-hydrogen) atoms. The number of rotatable bonds is 3. The van der Waals surface area contributed by atoms with Crippen molar-refractivity contribution in [3.8, 4) is 0 Å². The average molecular weight is 218 g/mol. The van der Waals surface area contributed by atoms with E-state index in [9.17, 15) is 8.42 Å². The number of nitrogens with zero attached hydrogens (tertiary/aromatic N) is 1. The van der Waals surface area contributed by atoms with Gasteiger partial charge < -0.3 is 5.32 Å². The Balaban J connectivity index is 2.18. The first kappa shape index (κ1) is 10.4. The molecule has 0 aromatic heterocycles. The quantitative estimate of drug-likeness (QED) is 0.734. The lowest BCUT2D eigenvalue weighted by molar-refractivity contribution is 0.263. The summed E-state index contributed by atoms with van der Waals surface area (Å²) < 4.78 is 25.7. The summed E-state index contributed by atoms with van der Waals surface area (Å²) in [5.41, 5.74) is 0. The van der Waals surface area contributed by atoms with Crippen molar-refractivity contribution in [2.24, 2.45) is 0 Å². The highest BCUT2D eigenvalue weighted by Gasteiger charge is 2.42. The molecular weight excluding hydrogens is 200 g/mol. The lowest BCUT2D eigenvalue weighted by atomic mass is 10.2. The average Bonchev–Trinajstić information content (AvgIpc) is 2.39. The van der Waals surface area contributed by atoms with E-state index in [0.717, 1.165) is 25.9 Å². The van der Waals surface area contributed by atoms with E-state index in [1.54, 1.807) is 4.31 Å². The summed E-state index contributed by atoms with van der Waals surface area (Å²) in [5.74, 6) is 0.306. The predicted octanol–water partition coefficient (Wildman–Crippen LogP) is 0.162. The van der Waals surface area contributed by atoms with Crippen LogP contribution in [0.4, 0.5) is 0 Å². The van der Waals surface area contributed by atoms with Crippen molar-refractivity contribution in [1.82, 2.24) is 9.62 Å². The third kappa shape index (κ3) is 1.68. The second kappa shape index (κ2) is 3.79. The van der Waals surface area contributed by atoms with E-state index in [2.05, 4.69) is 5.32 Å². The summed E-state index contributed by atoms with van der Waals surface area (Å²) in [6.07, 6.45) is 2.77. The van der Waals surface area contributed by atoms with Gasteiger partial charge in [-0.1, -0.05) is 6.92 Å². The number of nitrogens with one attached hydrogen (secondary N) is 1. The van der Waals surface area contributed by atoms with E-state index >= 15 is 0 Å². The molecule has 4 nitrogen and oxygen atoms in total. The lowest BCUT2D eigenvalue weighted by Gasteiger charge is -2.34. The van der Waals surface area contributed by atoms with E-state index in [4.69, 9.17) is 0 Å². The second-order valence-electron chi connectivity index (χ2n) is 4.19. The second-order valence-corrected chi connectivity index (χ2v) is 6.18. The van der Waals surface area contributed by atoms with Gasteiger partial charge in [-0.15, -0.1) is 0 Å². The van der Waals surface area contributed by atoms with Gasteiger partial charge in [0.1, 0.15) is 0 Å². The SMILES string of the molecule is CCCS(=O)(=O)N1C2CCC1CNC2. The Morgan fingerprint density at radius 3 is 2.36 bits per heavy atom. The van der Waals surface area contributed by atoms with Crippen molar-refractivity contribution in [1.29, 1.82) is 0 Å². The van der Waals surface area contributed by atoms with Crippen molar-refractivity contribution in [3.05, 3.63) is 0 Å². The molecule has 0 radical (unpaired) electrons. The third-order valence-electron chi connectivity index (χ3n) is 3.10. The topological polar surface area (TPSA) is 49.4 Å². The van der Waals surface area contributed by atoms with Crippen LogP contribution in [-0.2, 0) is 10.0 Å². The van der Waals surface area contributed by atoms with Crippen LogP contribution in [0.3, 0.4) is 0 Å². The molecule has 1 N–H and O–H groups in total. The number of piperazine rings is 1. The van der Waals surface area contributed by atoms with Crippen LogP contribution in [0.1, 0.15) is 26.2 Å². The zero-order chi connectivity index (χ0) is 10.2. The van der Waals surface area contributed by atoms with Gasteiger partial charge in [0.15, 0.2) is 0 Å². The van der Waals surface area contributed by atoms with E-state index in [1.807, 2.05) is 6.92 Å². The first-order valence-electron chi connectivity index (χ1n) is 5.37. The number of hydrogen-bond donors (Lipinski definition) is 1. The van der Waals surface area contributed by atoms with Crippen LogP contribution in [0.25, 0.3) is 0 Å². The minimum Gasteiger partial charge on any atom is -0.314 e. The Morgan fingerprint density at radius 1 is 1.29 bits per heavy atom. The molecule has 0 saturated carbocycles. The minimum atomic E-state index is -2.98. The largest absolute Gasteiger partial charge is 0.314 e. The number of sulfonamides is 1.